The molecule has 5 rings (SSSR count). The van der Waals surface area contributed by atoms with E-state index < -0.39 is 11.7 Å². The molecule has 0 bridgehead atoms. The van der Waals surface area contributed by atoms with Gasteiger partial charge in [0.2, 0.25) is 5.71 Å². The van der Waals surface area contributed by atoms with E-state index in [4.69, 9.17) is 4.42 Å². The quantitative estimate of drug-likeness (QED) is 0.367. The molecule has 0 fully saturated rings. The van der Waals surface area contributed by atoms with Gasteiger partial charge in [0.1, 0.15) is 22.9 Å². The first-order chi connectivity index (χ1) is 14.9. The molecule has 2 aromatic heterocycles. The number of furan rings is 1. The maximum atomic E-state index is 13.3. The predicted molar refractivity (Wildman–Crippen MR) is 107 cm³/mol. The number of rotatable bonds is 2. The summed E-state index contributed by atoms with van der Waals surface area (Å²) >= 11 is 0. The van der Waals surface area contributed by atoms with Crippen molar-refractivity contribution in [2.24, 2.45) is 4.99 Å². The lowest BCUT2D eigenvalue weighted by Gasteiger charge is -2.18. The molecule has 0 amide bonds. The Morgan fingerprint density at radius 1 is 0.968 bits per heavy atom. The number of nitrogens with zero attached hydrogens (tertiary/aromatic N) is 3. The average Bonchev–Trinajstić information content (AvgIpc) is 3.18. The molecule has 0 saturated carbocycles. The van der Waals surface area contributed by atoms with Gasteiger partial charge in [0, 0.05) is 18.5 Å². The number of benzene rings is 2. The van der Waals surface area contributed by atoms with E-state index in [1.165, 1.54) is 24.3 Å². The lowest BCUT2D eigenvalue weighted by Crippen LogP contribution is -2.28. The first-order valence-corrected chi connectivity index (χ1v) is 9.90. The number of hydrogen-bond acceptors (Lipinski definition) is 3. The lowest BCUT2D eigenvalue weighted by molar-refractivity contribution is -0.137. The van der Waals surface area contributed by atoms with Gasteiger partial charge < -0.3 is 8.98 Å². The standard InChI is InChI=1S/C23H17F4N3O/c24-16-8-4-14(5-9-16)19-13-18-21(28-17-10-6-15(7-11-17)23(25,26)27)30-12-2-1-3-20(30)29-22(18)31-19/h4-11,13H,1-3,12H2/b28-21+. The van der Waals surface area contributed by atoms with Crippen molar-refractivity contribution in [1.82, 2.24) is 9.55 Å². The van der Waals surface area contributed by atoms with E-state index in [-0.39, 0.29) is 5.82 Å². The van der Waals surface area contributed by atoms with Crippen molar-refractivity contribution >= 4 is 16.8 Å². The highest BCUT2D eigenvalue weighted by Gasteiger charge is 2.30. The van der Waals surface area contributed by atoms with Gasteiger partial charge in [-0.2, -0.15) is 18.2 Å². The fourth-order valence-electron chi connectivity index (χ4n) is 3.77. The molecular formula is C23H17F4N3O. The van der Waals surface area contributed by atoms with Crippen LogP contribution in [0.25, 0.3) is 22.4 Å². The van der Waals surface area contributed by atoms with E-state index in [1.807, 2.05) is 4.57 Å². The fraction of sp³-hybridized carbons (Fsp3) is 0.217. The van der Waals surface area contributed by atoms with Crippen molar-refractivity contribution in [2.75, 3.05) is 0 Å². The van der Waals surface area contributed by atoms with E-state index >= 15 is 0 Å². The molecule has 4 aromatic rings. The second-order valence-corrected chi connectivity index (χ2v) is 7.45. The Bertz CT molecular complexity index is 1320. The van der Waals surface area contributed by atoms with Crippen LogP contribution in [0.15, 0.2) is 64.0 Å². The summed E-state index contributed by atoms with van der Waals surface area (Å²) in [6, 6.07) is 12.5. The molecule has 0 radical (unpaired) electrons. The molecule has 0 saturated heterocycles. The summed E-state index contributed by atoms with van der Waals surface area (Å²) in [5, 5.41) is 0.657. The normalized spacial score (nSPS) is 14.8. The first-order valence-electron chi connectivity index (χ1n) is 9.90. The minimum Gasteiger partial charge on any atom is -0.438 e. The SMILES string of the molecule is Fc1ccc(-c2cc3/c(=N\c4ccc(C(F)(F)F)cc4)n4c(nc3o2)CCCC4)cc1. The monoisotopic (exact) mass is 427 g/mol. The molecule has 0 aliphatic carbocycles. The van der Waals surface area contributed by atoms with Crippen LogP contribution < -0.4 is 5.49 Å². The maximum Gasteiger partial charge on any atom is 0.416 e. The van der Waals surface area contributed by atoms with Crippen LogP contribution in [0.2, 0.25) is 0 Å². The Labute approximate surface area is 174 Å². The van der Waals surface area contributed by atoms with Gasteiger partial charge in [0.15, 0.2) is 0 Å². The Kier molecular flexibility index (Phi) is 4.64. The zero-order chi connectivity index (χ0) is 21.6. The number of hydrogen-bond donors (Lipinski definition) is 0. The number of fused-ring (bicyclic) bond motifs is 2. The number of aromatic nitrogens is 2. The molecule has 0 spiro atoms. The van der Waals surface area contributed by atoms with Gasteiger partial charge in [-0.1, -0.05) is 0 Å². The molecule has 4 nitrogen and oxygen atoms in total. The second kappa shape index (κ2) is 7.37. The summed E-state index contributed by atoms with van der Waals surface area (Å²) in [6.45, 7) is 0.717. The third kappa shape index (κ3) is 3.73. The van der Waals surface area contributed by atoms with Crippen molar-refractivity contribution in [1.29, 1.82) is 0 Å². The first kappa shape index (κ1) is 19.5. The smallest absolute Gasteiger partial charge is 0.416 e. The van der Waals surface area contributed by atoms with Gasteiger partial charge in [-0.15, -0.1) is 0 Å². The summed E-state index contributed by atoms with van der Waals surface area (Å²) in [7, 11) is 0. The predicted octanol–water partition coefficient (Wildman–Crippen LogP) is 6.02. The minimum absolute atomic E-state index is 0.345. The summed E-state index contributed by atoms with van der Waals surface area (Å²) in [5.41, 5.74) is 1.38. The molecule has 1 aliphatic rings. The van der Waals surface area contributed by atoms with Crippen molar-refractivity contribution in [3.05, 3.63) is 77.3 Å². The van der Waals surface area contributed by atoms with Gasteiger partial charge in [0.05, 0.1) is 16.6 Å². The maximum absolute atomic E-state index is 13.3. The molecular weight excluding hydrogens is 410 g/mol. The topological polar surface area (TPSA) is 43.3 Å². The molecule has 8 heteroatoms. The largest absolute Gasteiger partial charge is 0.438 e. The number of aryl methyl sites for hydroxylation is 1. The Balaban J connectivity index is 1.70. The number of alkyl halides is 3. The zero-order valence-corrected chi connectivity index (χ0v) is 16.3. The van der Waals surface area contributed by atoms with E-state index in [0.717, 1.165) is 43.8 Å². The highest BCUT2D eigenvalue weighted by atomic mass is 19.4. The van der Waals surface area contributed by atoms with Crippen LogP contribution in [0.5, 0.6) is 0 Å². The molecule has 31 heavy (non-hydrogen) atoms. The van der Waals surface area contributed by atoms with Gasteiger partial charge in [0.25, 0.3) is 0 Å². The lowest BCUT2D eigenvalue weighted by atomic mass is 10.1. The molecule has 0 atom stereocenters. The third-order valence-corrected chi connectivity index (χ3v) is 5.34. The Morgan fingerprint density at radius 2 is 1.71 bits per heavy atom. The second-order valence-electron chi connectivity index (χ2n) is 7.45. The van der Waals surface area contributed by atoms with Crippen LogP contribution in [0.3, 0.4) is 0 Å². The van der Waals surface area contributed by atoms with Crippen molar-refractivity contribution in [2.45, 2.75) is 32.0 Å². The minimum atomic E-state index is -4.40. The van der Waals surface area contributed by atoms with Gasteiger partial charge in [-0.05, 0) is 67.4 Å². The van der Waals surface area contributed by atoms with Crippen LogP contribution in [-0.2, 0) is 19.1 Å². The molecule has 2 aromatic carbocycles. The Morgan fingerprint density at radius 3 is 2.42 bits per heavy atom. The van der Waals surface area contributed by atoms with E-state index in [9.17, 15) is 17.6 Å². The molecule has 1 aliphatic heterocycles. The van der Waals surface area contributed by atoms with Crippen molar-refractivity contribution < 1.29 is 22.0 Å². The molecule has 3 heterocycles. The van der Waals surface area contributed by atoms with Crippen molar-refractivity contribution in [3.63, 3.8) is 0 Å². The van der Waals surface area contributed by atoms with Crippen LogP contribution in [-0.4, -0.2) is 9.55 Å². The molecule has 0 N–H and O–H groups in total. The van der Waals surface area contributed by atoms with E-state index in [0.29, 0.717) is 33.6 Å². The zero-order valence-electron chi connectivity index (χ0n) is 16.3. The van der Waals surface area contributed by atoms with Crippen LogP contribution in [0, 0.1) is 5.82 Å². The summed E-state index contributed by atoms with van der Waals surface area (Å²) in [6.07, 6.45) is -1.68. The summed E-state index contributed by atoms with van der Waals surface area (Å²) < 4.78 is 59.9. The highest BCUT2D eigenvalue weighted by Crippen LogP contribution is 2.31. The van der Waals surface area contributed by atoms with Crippen LogP contribution >= 0.6 is 0 Å². The Hall–Kier alpha value is -3.42. The van der Waals surface area contributed by atoms with Gasteiger partial charge >= 0.3 is 6.18 Å². The summed E-state index contributed by atoms with van der Waals surface area (Å²) in [5.74, 6) is 1.00. The highest BCUT2D eigenvalue weighted by molar-refractivity contribution is 5.79. The van der Waals surface area contributed by atoms with Gasteiger partial charge in [-0.25, -0.2) is 9.38 Å². The fourth-order valence-corrected chi connectivity index (χ4v) is 3.77. The van der Waals surface area contributed by atoms with Crippen LogP contribution in [0.4, 0.5) is 23.2 Å². The van der Waals surface area contributed by atoms with E-state index in [2.05, 4.69) is 9.98 Å². The van der Waals surface area contributed by atoms with E-state index in [1.54, 1.807) is 18.2 Å². The number of halogens is 4. The molecule has 158 valence electrons. The summed E-state index contributed by atoms with van der Waals surface area (Å²) in [4.78, 5) is 9.30. The average molecular weight is 427 g/mol. The van der Waals surface area contributed by atoms with Crippen LogP contribution in [0.1, 0.15) is 24.2 Å². The molecule has 0 unspecified atom stereocenters. The third-order valence-electron chi connectivity index (χ3n) is 5.34. The van der Waals surface area contributed by atoms with Crippen molar-refractivity contribution in [3.8, 4) is 11.3 Å². The van der Waals surface area contributed by atoms with Gasteiger partial charge in [-0.3, -0.25) is 0 Å².